The van der Waals surface area contributed by atoms with Gasteiger partial charge in [0.25, 0.3) is 11.6 Å². The summed E-state index contributed by atoms with van der Waals surface area (Å²) in [4.78, 5) is 28.0. The molecule has 1 aromatic heterocycles. The van der Waals surface area contributed by atoms with Gasteiger partial charge in [-0.1, -0.05) is 25.5 Å². The number of hydrogen-bond acceptors (Lipinski definition) is 6. The molecule has 0 radical (unpaired) electrons. The first kappa shape index (κ1) is 24.4. The molecule has 9 nitrogen and oxygen atoms in total. The molecule has 0 bridgehead atoms. The number of nitrogens with zero attached hydrogens (tertiary/aromatic N) is 5. The number of nitrogens with one attached hydrogen (secondary N) is 1. The molecule has 190 valence electrons. The Hall–Kier alpha value is -4.27. The van der Waals surface area contributed by atoms with Gasteiger partial charge in [-0.25, -0.2) is 0 Å². The molecule has 0 spiro atoms. The Morgan fingerprint density at radius 2 is 1.73 bits per heavy atom. The fourth-order valence-corrected chi connectivity index (χ4v) is 4.73. The van der Waals surface area contributed by atoms with Crippen molar-refractivity contribution in [2.45, 2.75) is 46.0 Å². The lowest BCUT2D eigenvalue weighted by atomic mass is 10.1. The quantitative estimate of drug-likeness (QED) is 0.242. The lowest BCUT2D eigenvalue weighted by Gasteiger charge is -2.18. The molecule has 5 rings (SSSR count). The molecule has 1 N–H and O–H groups in total. The van der Waals surface area contributed by atoms with E-state index in [1.165, 1.54) is 11.6 Å². The number of unbranched alkanes of at least 4 members (excludes halogenated alkanes) is 1. The molecule has 1 aliphatic heterocycles. The zero-order valence-corrected chi connectivity index (χ0v) is 21.1. The van der Waals surface area contributed by atoms with Gasteiger partial charge < -0.3 is 10.2 Å². The van der Waals surface area contributed by atoms with Gasteiger partial charge in [0.15, 0.2) is 0 Å². The summed E-state index contributed by atoms with van der Waals surface area (Å²) >= 11 is 0. The third-order valence-electron chi connectivity index (χ3n) is 6.84. The van der Waals surface area contributed by atoms with E-state index in [0.717, 1.165) is 62.0 Å². The van der Waals surface area contributed by atoms with Crippen LogP contribution in [-0.4, -0.2) is 38.9 Å². The van der Waals surface area contributed by atoms with Gasteiger partial charge in [0.05, 0.1) is 10.6 Å². The molecule has 0 aliphatic carbocycles. The van der Waals surface area contributed by atoms with Crippen LogP contribution in [0.25, 0.3) is 16.7 Å². The highest BCUT2D eigenvalue weighted by atomic mass is 16.6. The van der Waals surface area contributed by atoms with E-state index in [9.17, 15) is 14.9 Å². The second-order valence-electron chi connectivity index (χ2n) is 9.52. The number of nitro groups is 1. The molecular weight excluding hydrogens is 468 g/mol. The Kier molecular flexibility index (Phi) is 6.85. The predicted octanol–water partition coefficient (Wildman–Crippen LogP) is 5.83. The molecule has 0 atom stereocenters. The summed E-state index contributed by atoms with van der Waals surface area (Å²) in [5, 5.41) is 23.8. The number of nitro benzene ring substituents is 1. The number of aryl methyl sites for hydroxylation is 2. The topological polar surface area (TPSA) is 106 Å². The molecule has 4 aromatic rings. The minimum absolute atomic E-state index is 0.0506. The number of amides is 1. The van der Waals surface area contributed by atoms with Crippen LogP contribution in [0.3, 0.4) is 0 Å². The van der Waals surface area contributed by atoms with Crippen LogP contribution in [0.5, 0.6) is 0 Å². The van der Waals surface area contributed by atoms with E-state index in [1.54, 1.807) is 23.0 Å². The summed E-state index contributed by atoms with van der Waals surface area (Å²) in [5.74, 6) is -0.409. The van der Waals surface area contributed by atoms with E-state index >= 15 is 0 Å². The SMILES string of the molecule is CCCCc1ccc(-n2nc3cc(C)c(NC(=O)c4ccc(N5CCCC5)c([N+](=O)[O-])c4)cc3n2)cc1. The van der Waals surface area contributed by atoms with Gasteiger partial charge in [-0.05, 0) is 80.1 Å². The van der Waals surface area contributed by atoms with Crippen LogP contribution in [0, 0.1) is 17.0 Å². The van der Waals surface area contributed by atoms with E-state index in [1.807, 2.05) is 30.0 Å². The number of fused-ring (bicyclic) bond motifs is 1. The van der Waals surface area contributed by atoms with E-state index < -0.39 is 10.8 Å². The number of carbonyl (C=O) groups excluding carboxylic acids is 1. The normalized spacial score (nSPS) is 13.3. The molecule has 1 aliphatic rings. The van der Waals surface area contributed by atoms with Crippen molar-refractivity contribution in [3.8, 4) is 5.69 Å². The Bertz CT molecular complexity index is 1460. The number of carbonyl (C=O) groups is 1. The molecule has 2 heterocycles. The Morgan fingerprint density at radius 1 is 1.03 bits per heavy atom. The number of rotatable bonds is 8. The highest BCUT2D eigenvalue weighted by Crippen LogP contribution is 2.32. The van der Waals surface area contributed by atoms with Crippen molar-refractivity contribution in [2.24, 2.45) is 0 Å². The van der Waals surface area contributed by atoms with Gasteiger partial charge in [-0.15, -0.1) is 10.2 Å². The van der Waals surface area contributed by atoms with Crippen LogP contribution in [0.4, 0.5) is 17.1 Å². The average molecular weight is 499 g/mol. The predicted molar refractivity (Wildman–Crippen MR) is 145 cm³/mol. The van der Waals surface area contributed by atoms with Crippen molar-refractivity contribution in [2.75, 3.05) is 23.3 Å². The van der Waals surface area contributed by atoms with Gasteiger partial charge in [-0.2, -0.15) is 4.80 Å². The summed E-state index contributed by atoms with van der Waals surface area (Å²) in [5.41, 5.74) is 5.68. The van der Waals surface area contributed by atoms with Crippen LogP contribution in [0.15, 0.2) is 54.6 Å². The largest absolute Gasteiger partial charge is 0.366 e. The van der Waals surface area contributed by atoms with Crippen LogP contribution in [-0.2, 0) is 6.42 Å². The van der Waals surface area contributed by atoms with Gasteiger partial charge >= 0.3 is 0 Å². The molecule has 37 heavy (non-hydrogen) atoms. The second kappa shape index (κ2) is 10.4. The summed E-state index contributed by atoms with van der Waals surface area (Å²) in [6.07, 6.45) is 5.39. The van der Waals surface area contributed by atoms with Crippen molar-refractivity contribution in [1.82, 2.24) is 15.0 Å². The lowest BCUT2D eigenvalue weighted by molar-refractivity contribution is -0.384. The monoisotopic (exact) mass is 498 g/mol. The van der Waals surface area contributed by atoms with Crippen molar-refractivity contribution in [1.29, 1.82) is 0 Å². The van der Waals surface area contributed by atoms with Crippen molar-refractivity contribution < 1.29 is 9.72 Å². The van der Waals surface area contributed by atoms with Crippen molar-refractivity contribution >= 4 is 34.0 Å². The molecule has 3 aromatic carbocycles. The van der Waals surface area contributed by atoms with E-state index in [4.69, 9.17) is 0 Å². The zero-order chi connectivity index (χ0) is 25.9. The van der Waals surface area contributed by atoms with Gasteiger partial charge in [0.1, 0.15) is 16.7 Å². The average Bonchev–Trinajstić information content (AvgIpc) is 3.58. The Morgan fingerprint density at radius 3 is 2.41 bits per heavy atom. The number of hydrogen-bond donors (Lipinski definition) is 1. The number of aromatic nitrogens is 3. The molecular formula is C28H30N6O3. The van der Waals surface area contributed by atoms with Crippen molar-refractivity contribution in [3.05, 3.63) is 81.4 Å². The number of anilines is 2. The summed E-state index contributed by atoms with van der Waals surface area (Å²) in [7, 11) is 0. The molecule has 1 fully saturated rings. The first-order valence-electron chi connectivity index (χ1n) is 12.7. The molecule has 0 unspecified atom stereocenters. The first-order chi connectivity index (χ1) is 17.9. The van der Waals surface area contributed by atoms with Gasteiger partial charge in [0, 0.05) is 30.4 Å². The third kappa shape index (κ3) is 5.16. The highest BCUT2D eigenvalue weighted by Gasteiger charge is 2.24. The minimum Gasteiger partial charge on any atom is -0.366 e. The smallest absolute Gasteiger partial charge is 0.293 e. The fourth-order valence-electron chi connectivity index (χ4n) is 4.73. The summed E-state index contributed by atoms with van der Waals surface area (Å²) in [6, 6.07) is 16.6. The maximum atomic E-state index is 13.1. The van der Waals surface area contributed by atoms with Gasteiger partial charge in [0.2, 0.25) is 0 Å². The van der Waals surface area contributed by atoms with Crippen molar-refractivity contribution in [3.63, 3.8) is 0 Å². The van der Waals surface area contributed by atoms with Crippen LogP contribution in [0.1, 0.15) is 54.1 Å². The van der Waals surface area contributed by atoms with E-state index in [2.05, 4.69) is 34.6 Å². The van der Waals surface area contributed by atoms with Crippen LogP contribution in [0.2, 0.25) is 0 Å². The van der Waals surface area contributed by atoms with Gasteiger partial charge in [-0.3, -0.25) is 14.9 Å². The standard InChI is InChI=1S/C28H30N6O3/c1-3-4-7-20-8-11-22(12-9-20)33-30-24-16-19(2)23(18-25(24)31-33)29-28(35)21-10-13-26(27(17-21)34(36)37)32-14-5-6-15-32/h8-13,16-18H,3-7,14-15H2,1-2H3,(H,29,35). The first-order valence-corrected chi connectivity index (χ1v) is 12.7. The van der Waals surface area contributed by atoms with Crippen LogP contribution < -0.4 is 10.2 Å². The zero-order valence-electron chi connectivity index (χ0n) is 21.1. The lowest BCUT2D eigenvalue weighted by Crippen LogP contribution is -2.20. The molecule has 1 amide bonds. The Labute approximate surface area is 215 Å². The molecule has 9 heteroatoms. The van der Waals surface area contributed by atoms with E-state index in [0.29, 0.717) is 16.9 Å². The molecule has 0 saturated carbocycles. The number of benzene rings is 3. The second-order valence-corrected chi connectivity index (χ2v) is 9.52. The maximum Gasteiger partial charge on any atom is 0.293 e. The maximum absolute atomic E-state index is 13.1. The summed E-state index contributed by atoms with van der Waals surface area (Å²) in [6.45, 7) is 5.64. The summed E-state index contributed by atoms with van der Waals surface area (Å²) < 4.78 is 0. The third-order valence-corrected chi connectivity index (χ3v) is 6.84. The molecule has 1 saturated heterocycles. The van der Waals surface area contributed by atoms with E-state index in [-0.39, 0.29) is 11.3 Å². The minimum atomic E-state index is -0.420. The Balaban J connectivity index is 1.37. The highest BCUT2D eigenvalue weighted by molar-refractivity contribution is 6.06. The fraction of sp³-hybridized carbons (Fsp3) is 0.321. The van der Waals surface area contributed by atoms with Crippen LogP contribution >= 0.6 is 0 Å².